The molecule has 0 fully saturated rings. The second-order valence-corrected chi connectivity index (χ2v) is 3.76. The van der Waals surface area contributed by atoms with E-state index in [4.69, 9.17) is 0 Å². The number of benzene rings is 1. The number of aromatic amines is 1. The monoisotopic (exact) mass is 267 g/mol. The van der Waals surface area contributed by atoms with Gasteiger partial charge in [-0.15, -0.1) is 0 Å². The molecule has 1 aromatic carbocycles. The van der Waals surface area contributed by atoms with Crippen LogP contribution in [0.3, 0.4) is 0 Å². The number of H-pyrrole nitrogens is 1. The Labute approximate surface area is 93.4 Å². The largest absolute Gasteiger partial charge is 0.285 e. The number of nitrogens with zero attached hydrogens (tertiary/aromatic N) is 2. The molecule has 5 nitrogen and oxygen atoms in total. The van der Waals surface area contributed by atoms with Gasteiger partial charge in [0.2, 0.25) is 0 Å². The molecule has 1 heterocycles. The van der Waals surface area contributed by atoms with Gasteiger partial charge in [0.25, 0.3) is 5.69 Å². The molecular weight excluding hydrogens is 262 g/mol. The van der Waals surface area contributed by atoms with E-state index in [-0.39, 0.29) is 5.69 Å². The van der Waals surface area contributed by atoms with Crippen LogP contribution in [0.4, 0.5) is 5.69 Å². The molecule has 0 unspecified atom stereocenters. The number of hydrogen-bond donors (Lipinski definition) is 1. The molecule has 0 aliphatic carbocycles. The first kappa shape index (κ1) is 9.85. The first-order valence-corrected chi connectivity index (χ1v) is 4.91. The van der Waals surface area contributed by atoms with Crippen LogP contribution >= 0.6 is 15.9 Å². The highest BCUT2D eigenvalue weighted by molar-refractivity contribution is 9.10. The van der Waals surface area contributed by atoms with E-state index in [1.807, 2.05) is 0 Å². The van der Waals surface area contributed by atoms with Crippen LogP contribution in [0.1, 0.15) is 0 Å². The quantitative estimate of drug-likeness (QED) is 0.672. The average Bonchev–Trinajstić information content (AvgIpc) is 2.71. The van der Waals surface area contributed by atoms with Crippen LogP contribution in [0, 0.1) is 10.1 Å². The number of halogens is 1. The zero-order valence-electron chi connectivity index (χ0n) is 7.48. The van der Waals surface area contributed by atoms with Crippen LogP contribution in [-0.2, 0) is 0 Å². The molecule has 0 saturated carbocycles. The fraction of sp³-hybridized carbons (Fsp3) is 0. The lowest BCUT2D eigenvalue weighted by molar-refractivity contribution is -0.385. The van der Waals surface area contributed by atoms with Crippen molar-refractivity contribution < 1.29 is 4.92 Å². The van der Waals surface area contributed by atoms with Crippen molar-refractivity contribution in [2.75, 3.05) is 0 Å². The summed E-state index contributed by atoms with van der Waals surface area (Å²) in [6, 6.07) is 4.96. The Hall–Kier alpha value is -1.69. The third kappa shape index (κ3) is 1.89. The summed E-state index contributed by atoms with van der Waals surface area (Å²) >= 11 is 3.13. The maximum atomic E-state index is 10.7. The minimum absolute atomic E-state index is 0.0497. The Morgan fingerprint density at radius 1 is 1.40 bits per heavy atom. The lowest BCUT2D eigenvalue weighted by Crippen LogP contribution is -1.89. The molecule has 15 heavy (non-hydrogen) atoms. The summed E-state index contributed by atoms with van der Waals surface area (Å²) in [4.78, 5) is 10.3. The Morgan fingerprint density at radius 3 is 2.80 bits per heavy atom. The van der Waals surface area contributed by atoms with Crippen LogP contribution in [0.15, 0.2) is 35.1 Å². The summed E-state index contributed by atoms with van der Waals surface area (Å²) in [6.07, 6.45) is 3.31. The minimum atomic E-state index is -0.423. The van der Waals surface area contributed by atoms with E-state index in [0.29, 0.717) is 4.47 Å². The van der Waals surface area contributed by atoms with Gasteiger partial charge in [0, 0.05) is 17.8 Å². The number of nitro benzene ring substituents is 1. The Bertz CT molecular complexity index is 496. The Morgan fingerprint density at radius 2 is 2.20 bits per heavy atom. The predicted molar refractivity (Wildman–Crippen MR) is 58.4 cm³/mol. The van der Waals surface area contributed by atoms with Crippen molar-refractivity contribution in [1.82, 2.24) is 10.2 Å². The normalized spacial score (nSPS) is 10.2. The summed E-state index contributed by atoms with van der Waals surface area (Å²) in [5.74, 6) is 0. The molecule has 0 saturated heterocycles. The van der Waals surface area contributed by atoms with E-state index in [0.717, 1.165) is 11.1 Å². The average molecular weight is 268 g/mol. The van der Waals surface area contributed by atoms with Crippen molar-refractivity contribution in [2.45, 2.75) is 0 Å². The first-order valence-electron chi connectivity index (χ1n) is 4.11. The summed E-state index contributed by atoms with van der Waals surface area (Å²) in [6.45, 7) is 0. The van der Waals surface area contributed by atoms with Gasteiger partial charge in [-0.2, -0.15) is 5.10 Å². The second kappa shape index (κ2) is 3.82. The summed E-state index contributed by atoms with van der Waals surface area (Å²) in [5, 5.41) is 17.1. The van der Waals surface area contributed by atoms with Gasteiger partial charge in [-0.1, -0.05) is 6.07 Å². The molecule has 1 N–H and O–H groups in total. The van der Waals surface area contributed by atoms with E-state index in [9.17, 15) is 10.1 Å². The lowest BCUT2D eigenvalue weighted by Gasteiger charge is -1.99. The molecule has 2 rings (SSSR count). The van der Waals surface area contributed by atoms with Crippen molar-refractivity contribution in [3.8, 4) is 11.1 Å². The number of aromatic nitrogens is 2. The Balaban J connectivity index is 2.52. The third-order valence-corrected chi connectivity index (χ3v) is 2.64. The van der Waals surface area contributed by atoms with Crippen molar-refractivity contribution in [2.24, 2.45) is 0 Å². The molecule has 0 atom stereocenters. The lowest BCUT2D eigenvalue weighted by atomic mass is 10.1. The number of nitrogens with one attached hydrogen (secondary N) is 1. The molecule has 0 bridgehead atoms. The van der Waals surface area contributed by atoms with Crippen LogP contribution in [0.5, 0.6) is 0 Å². The molecule has 0 aliphatic rings. The van der Waals surface area contributed by atoms with Gasteiger partial charge in [0.1, 0.15) is 0 Å². The zero-order chi connectivity index (χ0) is 10.8. The van der Waals surface area contributed by atoms with Gasteiger partial charge in [-0.25, -0.2) is 0 Å². The number of hydrogen-bond acceptors (Lipinski definition) is 3. The van der Waals surface area contributed by atoms with Crippen LogP contribution in [-0.4, -0.2) is 15.1 Å². The van der Waals surface area contributed by atoms with Gasteiger partial charge in [-0.3, -0.25) is 15.2 Å². The van der Waals surface area contributed by atoms with E-state index in [2.05, 4.69) is 26.1 Å². The predicted octanol–water partition coefficient (Wildman–Crippen LogP) is 2.75. The van der Waals surface area contributed by atoms with E-state index in [1.54, 1.807) is 24.5 Å². The fourth-order valence-electron chi connectivity index (χ4n) is 1.24. The second-order valence-electron chi connectivity index (χ2n) is 2.91. The van der Waals surface area contributed by atoms with Crippen molar-refractivity contribution in [3.63, 3.8) is 0 Å². The SMILES string of the molecule is O=[N+]([O-])c1cc(-c2cn[nH]c2)ccc1Br. The first-order chi connectivity index (χ1) is 7.18. The molecular formula is C9H6BrN3O2. The maximum Gasteiger partial charge on any atom is 0.284 e. The summed E-state index contributed by atoms with van der Waals surface area (Å²) < 4.78 is 0.472. The van der Waals surface area contributed by atoms with E-state index < -0.39 is 4.92 Å². The molecule has 2 aromatic rings. The minimum Gasteiger partial charge on any atom is -0.285 e. The highest BCUT2D eigenvalue weighted by atomic mass is 79.9. The summed E-state index contributed by atoms with van der Waals surface area (Å²) in [5.41, 5.74) is 1.64. The van der Waals surface area contributed by atoms with Crippen molar-refractivity contribution >= 4 is 21.6 Å². The van der Waals surface area contributed by atoms with E-state index >= 15 is 0 Å². The molecule has 0 spiro atoms. The van der Waals surface area contributed by atoms with Crippen molar-refractivity contribution in [3.05, 3.63) is 45.2 Å². The maximum absolute atomic E-state index is 10.7. The molecule has 1 aromatic heterocycles. The van der Waals surface area contributed by atoms with Crippen LogP contribution in [0.2, 0.25) is 0 Å². The van der Waals surface area contributed by atoms with Gasteiger partial charge in [0.05, 0.1) is 15.6 Å². The topological polar surface area (TPSA) is 71.8 Å². The number of rotatable bonds is 2. The molecule has 0 radical (unpaired) electrons. The van der Waals surface area contributed by atoms with Gasteiger partial charge in [0.15, 0.2) is 0 Å². The van der Waals surface area contributed by atoms with Crippen LogP contribution < -0.4 is 0 Å². The molecule has 76 valence electrons. The van der Waals surface area contributed by atoms with Gasteiger partial charge < -0.3 is 0 Å². The summed E-state index contributed by atoms with van der Waals surface area (Å²) in [7, 11) is 0. The van der Waals surface area contributed by atoms with E-state index in [1.165, 1.54) is 6.07 Å². The zero-order valence-corrected chi connectivity index (χ0v) is 9.06. The molecule has 0 aliphatic heterocycles. The Kier molecular flexibility index (Phi) is 2.51. The smallest absolute Gasteiger partial charge is 0.284 e. The van der Waals surface area contributed by atoms with Gasteiger partial charge in [-0.05, 0) is 27.6 Å². The highest BCUT2D eigenvalue weighted by Gasteiger charge is 2.13. The van der Waals surface area contributed by atoms with Crippen molar-refractivity contribution in [1.29, 1.82) is 0 Å². The fourth-order valence-corrected chi connectivity index (χ4v) is 1.63. The standard InChI is InChI=1S/C9H6BrN3O2/c10-8-2-1-6(3-9(8)13(14)15)7-4-11-12-5-7/h1-5H,(H,11,12). The number of nitro groups is 1. The molecule has 6 heteroatoms. The van der Waals surface area contributed by atoms with Crippen LogP contribution in [0.25, 0.3) is 11.1 Å². The third-order valence-electron chi connectivity index (χ3n) is 1.97. The molecule has 0 amide bonds. The van der Waals surface area contributed by atoms with Gasteiger partial charge >= 0.3 is 0 Å². The highest BCUT2D eigenvalue weighted by Crippen LogP contribution is 2.29.